The number of likely N-dealkylation sites (N-methyl/N-ethyl adjacent to an activating group) is 1. The van der Waals surface area contributed by atoms with Crippen molar-refractivity contribution in [1.29, 1.82) is 10.5 Å². The Labute approximate surface area is 215 Å². The zero-order valence-corrected chi connectivity index (χ0v) is 22.1. The Kier molecular flexibility index (Phi) is 9.13. The number of hydrogen-bond acceptors (Lipinski definition) is 8. The molecule has 0 saturated heterocycles. The molecule has 0 aliphatic rings. The van der Waals surface area contributed by atoms with Crippen LogP contribution in [0.15, 0.2) is 47.4 Å². The number of rotatable bonds is 11. The van der Waals surface area contributed by atoms with Crippen molar-refractivity contribution < 1.29 is 13.2 Å². The molecule has 0 N–H and O–H groups in total. The Morgan fingerprint density at radius 1 is 0.972 bits per heavy atom. The Morgan fingerprint density at radius 2 is 1.61 bits per heavy atom. The molecule has 0 aliphatic heterocycles. The fourth-order valence-corrected chi connectivity index (χ4v) is 6.02. The molecule has 11 heteroatoms. The third kappa shape index (κ3) is 6.45. The molecule has 0 radical (unpaired) electrons. The van der Waals surface area contributed by atoms with Gasteiger partial charge in [-0.15, -0.1) is 0 Å². The highest BCUT2D eigenvalue weighted by Gasteiger charge is 2.26. The number of nitriles is 2. The predicted octanol–water partition coefficient (Wildman–Crippen LogP) is 3.63. The molecule has 36 heavy (non-hydrogen) atoms. The molecular formula is C25H28N6O3S2. The number of amides is 1. The number of carbonyl (C=O) groups excluding carboxylic acids is 1. The van der Waals surface area contributed by atoms with E-state index in [2.05, 4.69) is 4.98 Å². The molecule has 1 amide bonds. The molecule has 188 valence electrons. The molecule has 0 saturated carbocycles. The summed E-state index contributed by atoms with van der Waals surface area (Å²) in [6, 6.07) is 15.6. The number of hydrogen-bond donors (Lipinski definition) is 0. The van der Waals surface area contributed by atoms with Crippen molar-refractivity contribution in [3.05, 3.63) is 53.6 Å². The van der Waals surface area contributed by atoms with Crippen LogP contribution in [0.25, 0.3) is 10.2 Å². The topological polar surface area (TPSA) is 121 Å². The molecule has 1 heterocycles. The van der Waals surface area contributed by atoms with E-state index in [4.69, 9.17) is 10.5 Å². The van der Waals surface area contributed by atoms with Gasteiger partial charge in [-0.25, -0.2) is 13.4 Å². The van der Waals surface area contributed by atoms with E-state index in [1.165, 1.54) is 35.6 Å². The van der Waals surface area contributed by atoms with E-state index in [1.54, 1.807) is 4.90 Å². The minimum atomic E-state index is -3.91. The zero-order chi connectivity index (χ0) is 26.3. The van der Waals surface area contributed by atoms with Crippen LogP contribution in [0.1, 0.15) is 28.8 Å². The maximum Gasteiger partial charge on any atom is 0.260 e. The Balaban J connectivity index is 1.90. The molecule has 0 bridgehead atoms. The van der Waals surface area contributed by atoms with Gasteiger partial charge in [-0.3, -0.25) is 9.69 Å². The lowest BCUT2D eigenvalue weighted by Crippen LogP contribution is -2.36. The molecule has 0 atom stereocenters. The first-order chi connectivity index (χ1) is 17.2. The van der Waals surface area contributed by atoms with Crippen molar-refractivity contribution in [2.24, 2.45) is 0 Å². The monoisotopic (exact) mass is 524 g/mol. The van der Waals surface area contributed by atoms with Gasteiger partial charge in [0.25, 0.3) is 5.91 Å². The van der Waals surface area contributed by atoms with Gasteiger partial charge in [0.05, 0.1) is 27.3 Å². The van der Waals surface area contributed by atoms with Gasteiger partial charge in [0, 0.05) is 44.6 Å². The van der Waals surface area contributed by atoms with Gasteiger partial charge in [-0.1, -0.05) is 17.4 Å². The van der Waals surface area contributed by atoms with E-state index < -0.39 is 10.0 Å². The smallest absolute Gasteiger partial charge is 0.260 e. The van der Waals surface area contributed by atoms with Gasteiger partial charge in [-0.05, 0) is 63.0 Å². The third-order valence-corrected chi connectivity index (χ3v) is 8.42. The van der Waals surface area contributed by atoms with E-state index in [1.807, 2.05) is 56.3 Å². The number of thiazole rings is 1. The van der Waals surface area contributed by atoms with Gasteiger partial charge in [0.15, 0.2) is 5.13 Å². The molecule has 1 aromatic heterocycles. The van der Waals surface area contributed by atoms with E-state index in [0.717, 1.165) is 20.1 Å². The number of aromatic nitrogens is 1. The van der Waals surface area contributed by atoms with Gasteiger partial charge in [0.1, 0.15) is 0 Å². The van der Waals surface area contributed by atoms with Gasteiger partial charge in [0.2, 0.25) is 10.0 Å². The van der Waals surface area contributed by atoms with Gasteiger partial charge < -0.3 is 4.90 Å². The van der Waals surface area contributed by atoms with Crippen LogP contribution < -0.4 is 4.90 Å². The van der Waals surface area contributed by atoms with Crippen LogP contribution in [-0.4, -0.2) is 68.8 Å². The molecule has 0 spiro atoms. The highest BCUT2D eigenvalue weighted by atomic mass is 32.2. The van der Waals surface area contributed by atoms with Crippen LogP contribution in [0.3, 0.4) is 0 Å². The standard InChI is InChI=1S/C25H28N6O3S2/c1-19-6-11-22-23(18-19)35-25(28-22)31(17-16-29(2)3)24(32)20-7-9-21(10-8-20)36(33,34)30(14-4-12-26)15-5-13-27/h6-11,18H,4-5,14-17H2,1-3H3. The molecule has 0 unspecified atom stereocenters. The van der Waals surface area contributed by atoms with Crippen molar-refractivity contribution in [2.75, 3.05) is 45.2 Å². The predicted molar refractivity (Wildman–Crippen MR) is 140 cm³/mol. The van der Waals surface area contributed by atoms with E-state index in [9.17, 15) is 13.2 Å². The lowest BCUT2D eigenvalue weighted by Gasteiger charge is -2.22. The molecule has 2 aromatic carbocycles. The first kappa shape index (κ1) is 27.2. The largest absolute Gasteiger partial charge is 0.308 e. The van der Waals surface area contributed by atoms with Gasteiger partial charge >= 0.3 is 0 Å². The highest BCUT2D eigenvalue weighted by Crippen LogP contribution is 2.30. The Bertz CT molecular complexity index is 1380. The molecule has 3 aromatic rings. The number of anilines is 1. The molecule has 0 aliphatic carbocycles. The third-order valence-electron chi connectivity index (χ3n) is 5.46. The van der Waals surface area contributed by atoms with Crippen molar-refractivity contribution in [1.82, 2.24) is 14.2 Å². The quantitative estimate of drug-likeness (QED) is 0.375. The van der Waals surface area contributed by atoms with Crippen LogP contribution in [0, 0.1) is 29.6 Å². The average Bonchev–Trinajstić information content (AvgIpc) is 3.26. The second kappa shape index (κ2) is 12.1. The number of aryl methyl sites for hydroxylation is 1. The fourth-order valence-electron chi connectivity index (χ4n) is 3.50. The lowest BCUT2D eigenvalue weighted by molar-refractivity contribution is 0.0985. The maximum atomic E-state index is 13.5. The Hall–Kier alpha value is -3.35. The van der Waals surface area contributed by atoms with Crippen LogP contribution in [-0.2, 0) is 10.0 Å². The molecule has 3 rings (SSSR count). The SMILES string of the molecule is Cc1ccc2nc(N(CCN(C)C)C(=O)c3ccc(S(=O)(=O)N(CCC#N)CCC#N)cc3)sc2c1. The maximum absolute atomic E-state index is 13.5. The minimum absolute atomic E-state index is 0.00338. The van der Waals surface area contributed by atoms with Crippen molar-refractivity contribution in [3.63, 3.8) is 0 Å². The number of sulfonamides is 1. The lowest BCUT2D eigenvalue weighted by atomic mass is 10.2. The highest BCUT2D eigenvalue weighted by molar-refractivity contribution is 7.89. The normalized spacial score (nSPS) is 11.5. The number of benzene rings is 2. The summed E-state index contributed by atoms with van der Waals surface area (Å²) in [4.78, 5) is 21.8. The zero-order valence-electron chi connectivity index (χ0n) is 20.5. The summed E-state index contributed by atoms with van der Waals surface area (Å²) in [5.74, 6) is -0.276. The first-order valence-corrected chi connectivity index (χ1v) is 13.6. The van der Waals surface area contributed by atoms with Crippen LogP contribution in [0.5, 0.6) is 0 Å². The van der Waals surface area contributed by atoms with Crippen LogP contribution >= 0.6 is 11.3 Å². The molecular weight excluding hydrogens is 496 g/mol. The molecule has 9 nitrogen and oxygen atoms in total. The van der Waals surface area contributed by atoms with Gasteiger partial charge in [-0.2, -0.15) is 14.8 Å². The number of nitrogens with zero attached hydrogens (tertiary/aromatic N) is 6. The summed E-state index contributed by atoms with van der Waals surface area (Å²) >= 11 is 1.44. The number of fused-ring (bicyclic) bond motifs is 1. The van der Waals surface area contributed by atoms with E-state index in [-0.39, 0.29) is 36.7 Å². The summed E-state index contributed by atoms with van der Waals surface area (Å²) in [5.41, 5.74) is 2.27. The summed E-state index contributed by atoms with van der Waals surface area (Å²) < 4.78 is 28.3. The fraction of sp³-hybridized carbons (Fsp3) is 0.360. The van der Waals surface area contributed by atoms with Crippen molar-refractivity contribution in [2.45, 2.75) is 24.7 Å². The van der Waals surface area contributed by atoms with Crippen molar-refractivity contribution >= 4 is 42.6 Å². The second-order valence-corrected chi connectivity index (χ2v) is 11.4. The van der Waals surface area contributed by atoms with Crippen LogP contribution in [0.4, 0.5) is 5.13 Å². The summed E-state index contributed by atoms with van der Waals surface area (Å²) in [5, 5.41) is 18.3. The van der Waals surface area contributed by atoms with E-state index >= 15 is 0 Å². The van der Waals surface area contributed by atoms with Crippen LogP contribution in [0.2, 0.25) is 0 Å². The second-order valence-electron chi connectivity index (χ2n) is 8.47. The minimum Gasteiger partial charge on any atom is -0.308 e. The average molecular weight is 525 g/mol. The summed E-state index contributed by atoms with van der Waals surface area (Å²) in [6.07, 6.45) is 0.0352. The summed E-state index contributed by atoms with van der Waals surface area (Å²) in [7, 11) is -0.0641. The van der Waals surface area contributed by atoms with E-state index in [0.29, 0.717) is 23.8 Å². The Morgan fingerprint density at radius 3 is 2.19 bits per heavy atom. The molecule has 0 fully saturated rings. The number of carbonyl (C=O) groups is 1. The first-order valence-electron chi connectivity index (χ1n) is 11.3. The van der Waals surface area contributed by atoms with Crippen molar-refractivity contribution in [3.8, 4) is 12.1 Å². The summed E-state index contributed by atoms with van der Waals surface area (Å²) in [6.45, 7) is 3.04.